The SMILES string of the molecule is CCCCC1(CCCC)c2cc(NC(=O)[C@@H]3CC(=O)CN3C(=O)Cc3ccccc3)ccc2-c2ccc(N(C(=O)O)[C@H]3CCCN3C(=O)[C@H](NC(=O)OC)c3ccccc3)cc21. The molecule has 1 aliphatic carbocycles. The lowest BCUT2D eigenvalue weighted by molar-refractivity contribution is -0.136. The fourth-order valence-corrected chi connectivity index (χ4v) is 9.58. The zero-order valence-corrected chi connectivity index (χ0v) is 35.6. The Kier molecular flexibility index (Phi) is 13.4. The molecule has 3 N–H and O–H groups in total. The largest absolute Gasteiger partial charge is 0.465 e. The fourth-order valence-electron chi connectivity index (χ4n) is 9.58. The number of amides is 5. The zero-order valence-electron chi connectivity index (χ0n) is 35.6. The van der Waals surface area contributed by atoms with Gasteiger partial charge in [0.2, 0.25) is 11.8 Å². The van der Waals surface area contributed by atoms with Crippen LogP contribution < -0.4 is 15.5 Å². The number of carbonyl (C=O) groups is 6. The van der Waals surface area contributed by atoms with Gasteiger partial charge in [0.1, 0.15) is 18.2 Å². The summed E-state index contributed by atoms with van der Waals surface area (Å²) in [4.78, 5) is 84.4. The standard InChI is InChI=1S/C49H55N5O8/c1-4-6-24-49(25-7-5-2)39-28-34(50-45(57)41-30-36(55)31-53(41)43(56)27-32-15-10-8-11-16-32)20-22-37(39)38-23-21-35(29-40(38)49)54(48(60)61)42-19-14-26-52(42)46(58)44(51-47(59)62-3)33-17-12-9-13-18-33/h8-13,15-18,20-23,28-29,41-42,44H,4-7,14,19,24-27,30-31H2,1-3H3,(H,50,57)(H,51,59)(H,60,61)/t41-,42-,44+/m0/s1. The number of nitrogens with one attached hydrogen (secondary N) is 2. The third-order valence-corrected chi connectivity index (χ3v) is 12.6. The number of hydrogen-bond donors (Lipinski definition) is 3. The van der Waals surface area contributed by atoms with Gasteiger partial charge in [0.15, 0.2) is 5.78 Å². The van der Waals surface area contributed by atoms with Crippen LogP contribution in [0.25, 0.3) is 11.1 Å². The summed E-state index contributed by atoms with van der Waals surface area (Å²) in [6.07, 6.45) is 3.39. The van der Waals surface area contributed by atoms with Gasteiger partial charge in [0.25, 0.3) is 5.91 Å². The van der Waals surface area contributed by atoms with Crippen LogP contribution in [0.4, 0.5) is 21.0 Å². The Morgan fingerprint density at radius 2 is 1.50 bits per heavy atom. The normalized spacial score (nSPS) is 17.8. The molecule has 324 valence electrons. The van der Waals surface area contributed by atoms with E-state index >= 15 is 0 Å². The molecule has 4 aromatic rings. The van der Waals surface area contributed by atoms with Crippen LogP contribution in [0.15, 0.2) is 97.1 Å². The topological polar surface area (TPSA) is 166 Å². The maximum atomic E-state index is 14.3. The van der Waals surface area contributed by atoms with Gasteiger partial charge in [-0.25, -0.2) is 9.59 Å². The van der Waals surface area contributed by atoms with Gasteiger partial charge in [-0.3, -0.25) is 24.1 Å². The van der Waals surface area contributed by atoms with Gasteiger partial charge in [-0.1, -0.05) is 112 Å². The number of alkyl carbamates (subject to hydrolysis) is 1. The van der Waals surface area contributed by atoms with Crippen molar-refractivity contribution in [2.75, 3.05) is 30.4 Å². The van der Waals surface area contributed by atoms with E-state index in [4.69, 9.17) is 4.74 Å². The van der Waals surface area contributed by atoms with E-state index in [0.29, 0.717) is 36.3 Å². The summed E-state index contributed by atoms with van der Waals surface area (Å²) >= 11 is 0. The minimum atomic E-state index is -1.21. The minimum absolute atomic E-state index is 0.0543. The summed E-state index contributed by atoms with van der Waals surface area (Å²) in [5.74, 6) is -1.31. The molecule has 0 spiro atoms. The highest BCUT2D eigenvalue weighted by Crippen LogP contribution is 2.55. The molecule has 13 heteroatoms. The first-order chi connectivity index (χ1) is 30.0. The van der Waals surface area contributed by atoms with Crippen LogP contribution in [-0.2, 0) is 35.8 Å². The second kappa shape index (κ2) is 19.0. The number of Topliss-reactive ketones (excluding diaryl/α,β-unsaturated/α-hetero) is 1. The van der Waals surface area contributed by atoms with Crippen LogP contribution in [0.1, 0.15) is 99.9 Å². The van der Waals surface area contributed by atoms with E-state index in [1.165, 1.54) is 21.8 Å². The summed E-state index contributed by atoms with van der Waals surface area (Å²) in [5, 5.41) is 16.6. The smallest absolute Gasteiger partial charge is 0.413 e. The first-order valence-electron chi connectivity index (χ1n) is 21.7. The molecule has 4 aromatic carbocycles. The molecule has 0 saturated carbocycles. The highest BCUT2D eigenvalue weighted by molar-refractivity contribution is 6.04. The third-order valence-electron chi connectivity index (χ3n) is 12.6. The number of unbranched alkanes of at least 4 members (excludes halogenated alkanes) is 2. The van der Waals surface area contributed by atoms with E-state index in [0.717, 1.165) is 66.3 Å². The summed E-state index contributed by atoms with van der Waals surface area (Å²) in [6, 6.07) is 27.6. The molecular weight excluding hydrogens is 787 g/mol. The molecule has 3 aliphatic rings. The van der Waals surface area contributed by atoms with Gasteiger partial charge in [-0.05, 0) is 83.3 Å². The molecule has 7 rings (SSSR count). The lowest BCUT2D eigenvalue weighted by Crippen LogP contribution is -2.53. The summed E-state index contributed by atoms with van der Waals surface area (Å²) < 4.78 is 4.85. The number of anilines is 2. The van der Waals surface area contributed by atoms with E-state index in [1.807, 2.05) is 66.7 Å². The van der Waals surface area contributed by atoms with Gasteiger partial charge in [-0.2, -0.15) is 0 Å². The van der Waals surface area contributed by atoms with Gasteiger partial charge >= 0.3 is 12.2 Å². The molecule has 2 heterocycles. The van der Waals surface area contributed by atoms with Crippen LogP contribution in [0, 0.1) is 0 Å². The number of methoxy groups -OCH3 is 1. The average Bonchev–Trinajstić information content (AvgIpc) is 3.99. The number of hydrogen-bond acceptors (Lipinski definition) is 7. The quantitative estimate of drug-likeness (QED) is 0.108. The van der Waals surface area contributed by atoms with Crippen molar-refractivity contribution in [1.82, 2.24) is 15.1 Å². The maximum Gasteiger partial charge on any atom is 0.413 e. The number of nitrogens with zero attached hydrogens (tertiary/aromatic N) is 3. The molecule has 0 unspecified atom stereocenters. The number of likely N-dealkylation sites (tertiary alicyclic amines) is 2. The van der Waals surface area contributed by atoms with Crippen molar-refractivity contribution in [3.05, 3.63) is 119 Å². The van der Waals surface area contributed by atoms with Crippen molar-refractivity contribution >= 4 is 47.1 Å². The van der Waals surface area contributed by atoms with Crippen molar-refractivity contribution in [1.29, 1.82) is 0 Å². The Bertz CT molecular complexity index is 2310. The summed E-state index contributed by atoms with van der Waals surface area (Å²) in [6.45, 7) is 4.47. The number of carboxylic acid groups (broad SMARTS) is 1. The number of ether oxygens (including phenoxy) is 1. The molecule has 62 heavy (non-hydrogen) atoms. The zero-order chi connectivity index (χ0) is 44.0. The second-order valence-electron chi connectivity index (χ2n) is 16.5. The predicted octanol–water partition coefficient (Wildman–Crippen LogP) is 8.21. The number of ketones is 1. The highest BCUT2D eigenvalue weighted by atomic mass is 16.5. The van der Waals surface area contributed by atoms with Gasteiger partial charge in [-0.15, -0.1) is 0 Å². The fraction of sp³-hybridized carbons (Fsp3) is 0.388. The van der Waals surface area contributed by atoms with Crippen LogP contribution in [0.3, 0.4) is 0 Å². The molecule has 5 amide bonds. The molecule has 2 saturated heterocycles. The minimum Gasteiger partial charge on any atom is -0.465 e. The van der Waals surface area contributed by atoms with Crippen molar-refractivity contribution in [3.8, 4) is 11.1 Å². The first-order valence-corrected chi connectivity index (χ1v) is 21.7. The lowest BCUT2D eigenvalue weighted by atomic mass is 9.70. The second-order valence-corrected chi connectivity index (χ2v) is 16.5. The number of carbonyl (C=O) groups excluding carboxylic acids is 5. The van der Waals surface area contributed by atoms with Crippen LogP contribution >= 0.6 is 0 Å². The molecular formula is C49H55N5O8. The lowest BCUT2D eigenvalue weighted by Gasteiger charge is -2.37. The molecule has 3 atom stereocenters. The first kappa shape index (κ1) is 43.6. The van der Waals surface area contributed by atoms with E-state index in [9.17, 15) is 33.9 Å². The van der Waals surface area contributed by atoms with Crippen molar-refractivity contribution in [2.24, 2.45) is 0 Å². The van der Waals surface area contributed by atoms with Gasteiger partial charge in [0, 0.05) is 29.8 Å². The number of fused-ring (bicyclic) bond motifs is 3. The van der Waals surface area contributed by atoms with E-state index in [2.05, 4.69) is 24.5 Å². The van der Waals surface area contributed by atoms with E-state index in [-0.39, 0.29) is 31.1 Å². The Morgan fingerprint density at radius 3 is 2.15 bits per heavy atom. The number of rotatable bonds is 15. The summed E-state index contributed by atoms with van der Waals surface area (Å²) in [7, 11) is 1.22. The summed E-state index contributed by atoms with van der Waals surface area (Å²) in [5.41, 5.74) is 5.80. The van der Waals surface area contributed by atoms with Gasteiger partial charge in [0.05, 0.1) is 20.1 Å². The average molecular weight is 842 g/mol. The highest BCUT2D eigenvalue weighted by Gasteiger charge is 2.45. The van der Waals surface area contributed by atoms with E-state index < -0.39 is 47.7 Å². The van der Waals surface area contributed by atoms with E-state index in [1.54, 1.807) is 30.3 Å². The molecule has 2 aliphatic heterocycles. The Balaban J connectivity index is 1.21. The van der Waals surface area contributed by atoms with Crippen molar-refractivity contribution in [2.45, 2.75) is 102 Å². The van der Waals surface area contributed by atoms with Crippen LogP contribution in [0.2, 0.25) is 0 Å². The molecule has 2 fully saturated rings. The number of benzene rings is 4. The predicted molar refractivity (Wildman–Crippen MR) is 236 cm³/mol. The Morgan fingerprint density at radius 1 is 0.855 bits per heavy atom. The van der Waals surface area contributed by atoms with Gasteiger partial charge < -0.3 is 30.3 Å². The van der Waals surface area contributed by atoms with Crippen molar-refractivity contribution < 1.29 is 38.6 Å². The molecule has 0 radical (unpaired) electrons. The Labute approximate surface area is 362 Å². The van der Waals surface area contributed by atoms with Crippen LogP contribution in [0.5, 0.6) is 0 Å². The van der Waals surface area contributed by atoms with Crippen LogP contribution in [-0.4, -0.2) is 83.0 Å². The monoisotopic (exact) mass is 841 g/mol. The third kappa shape index (κ3) is 8.79. The molecule has 0 bridgehead atoms. The Hall–Kier alpha value is -6.50. The molecule has 0 aromatic heterocycles. The molecule has 13 nitrogen and oxygen atoms in total. The maximum absolute atomic E-state index is 14.3. The van der Waals surface area contributed by atoms with Crippen molar-refractivity contribution in [3.63, 3.8) is 0 Å².